The van der Waals surface area contributed by atoms with Crippen LogP contribution in [0.3, 0.4) is 0 Å². The molecule has 0 N–H and O–H groups in total. The maximum absolute atomic E-state index is 13.3. The molecule has 1 aromatic carbocycles. The average molecular weight is 452 g/mol. The van der Waals surface area contributed by atoms with Gasteiger partial charge in [-0.2, -0.15) is 0 Å². The number of methoxy groups -OCH3 is 1. The molecule has 1 fully saturated rings. The van der Waals surface area contributed by atoms with Crippen molar-refractivity contribution in [3.63, 3.8) is 0 Å². The van der Waals surface area contributed by atoms with Crippen molar-refractivity contribution in [2.45, 2.75) is 6.42 Å². The molecule has 148 valence electrons. The standard InChI is InChI=1S/C19H19BrFN3O4/c1-27-19(26)24-9-3-8-23(10-11-24)18(25)14-4-2-7-22-17(14)28-16-6-5-13(21)12-15(16)20/h2,4-7,12H,3,8-11H2,1H3. The molecule has 0 unspecified atom stereocenters. The molecule has 0 aliphatic carbocycles. The van der Waals surface area contributed by atoms with E-state index in [2.05, 4.69) is 20.9 Å². The van der Waals surface area contributed by atoms with Gasteiger partial charge in [-0.3, -0.25) is 4.79 Å². The van der Waals surface area contributed by atoms with Crippen LogP contribution < -0.4 is 4.74 Å². The summed E-state index contributed by atoms with van der Waals surface area (Å²) >= 11 is 3.24. The molecule has 1 aliphatic heterocycles. The van der Waals surface area contributed by atoms with E-state index in [1.54, 1.807) is 21.9 Å². The van der Waals surface area contributed by atoms with Gasteiger partial charge >= 0.3 is 6.09 Å². The molecule has 0 atom stereocenters. The second-order valence-corrected chi connectivity index (χ2v) is 6.99. The van der Waals surface area contributed by atoms with E-state index < -0.39 is 11.9 Å². The topological polar surface area (TPSA) is 72.0 Å². The van der Waals surface area contributed by atoms with E-state index in [4.69, 9.17) is 9.47 Å². The van der Waals surface area contributed by atoms with Crippen LogP contribution in [0.5, 0.6) is 11.6 Å². The fourth-order valence-electron chi connectivity index (χ4n) is 2.90. The number of benzene rings is 1. The Morgan fingerprint density at radius 1 is 1.14 bits per heavy atom. The zero-order chi connectivity index (χ0) is 20.1. The van der Waals surface area contributed by atoms with Gasteiger partial charge in [0.2, 0.25) is 5.88 Å². The Kier molecular flexibility index (Phi) is 6.45. The Hall–Kier alpha value is -2.68. The first kappa shape index (κ1) is 20.1. The smallest absolute Gasteiger partial charge is 0.409 e. The van der Waals surface area contributed by atoms with Crippen molar-refractivity contribution in [3.8, 4) is 11.6 Å². The number of nitrogens with zero attached hydrogens (tertiary/aromatic N) is 3. The molecule has 1 aromatic heterocycles. The summed E-state index contributed by atoms with van der Waals surface area (Å²) in [5, 5.41) is 0. The molecule has 0 radical (unpaired) electrons. The van der Waals surface area contributed by atoms with E-state index in [0.29, 0.717) is 48.4 Å². The summed E-state index contributed by atoms with van der Waals surface area (Å²) in [5.41, 5.74) is 0.297. The molecular formula is C19H19BrFN3O4. The minimum atomic E-state index is -0.406. The Morgan fingerprint density at radius 3 is 2.64 bits per heavy atom. The maximum Gasteiger partial charge on any atom is 0.409 e. The van der Waals surface area contributed by atoms with Crippen molar-refractivity contribution < 1.29 is 23.5 Å². The molecule has 0 saturated carbocycles. The predicted octanol–water partition coefficient (Wildman–Crippen LogP) is 3.69. The summed E-state index contributed by atoms with van der Waals surface area (Å²) in [6.45, 7) is 1.79. The molecule has 1 saturated heterocycles. The first-order chi connectivity index (χ1) is 13.5. The highest BCUT2D eigenvalue weighted by Gasteiger charge is 2.25. The third kappa shape index (κ3) is 4.59. The first-order valence-corrected chi connectivity index (χ1v) is 9.49. The van der Waals surface area contributed by atoms with Crippen LogP contribution in [-0.4, -0.2) is 60.1 Å². The summed E-state index contributed by atoms with van der Waals surface area (Å²) in [4.78, 5) is 32.2. The van der Waals surface area contributed by atoms with Crippen molar-refractivity contribution in [1.82, 2.24) is 14.8 Å². The largest absolute Gasteiger partial charge is 0.453 e. The Labute approximate surface area is 170 Å². The number of hydrogen-bond acceptors (Lipinski definition) is 5. The van der Waals surface area contributed by atoms with Crippen LogP contribution in [-0.2, 0) is 4.74 Å². The lowest BCUT2D eigenvalue weighted by Gasteiger charge is -2.22. The molecule has 2 amide bonds. The number of ether oxygens (including phenoxy) is 2. The van der Waals surface area contributed by atoms with Crippen LogP contribution in [0.4, 0.5) is 9.18 Å². The van der Waals surface area contributed by atoms with Gasteiger partial charge in [-0.25, -0.2) is 14.2 Å². The lowest BCUT2D eigenvalue weighted by Crippen LogP contribution is -2.37. The number of carbonyl (C=O) groups excluding carboxylic acids is 2. The first-order valence-electron chi connectivity index (χ1n) is 8.69. The average Bonchev–Trinajstić information content (AvgIpc) is 2.95. The molecular weight excluding hydrogens is 433 g/mol. The van der Waals surface area contributed by atoms with Gasteiger partial charge in [0, 0.05) is 32.4 Å². The maximum atomic E-state index is 13.3. The van der Waals surface area contributed by atoms with Crippen molar-refractivity contribution in [1.29, 1.82) is 0 Å². The molecule has 1 aliphatic rings. The fourth-order valence-corrected chi connectivity index (χ4v) is 3.33. The third-order valence-corrected chi connectivity index (χ3v) is 4.94. The minimum Gasteiger partial charge on any atom is -0.453 e. The van der Waals surface area contributed by atoms with Crippen LogP contribution in [0.25, 0.3) is 0 Å². The fraction of sp³-hybridized carbons (Fsp3) is 0.316. The molecule has 2 aromatic rings. The van der Waals surface area contributed by atoms with Crippen LogP contribution in [0.1, 0.15) is 16.8 Å². The molecule has 28 heavy (non-hydrogen) atoms. The quantitative estimate of drug-likeness (QED) is 0.711. The second-order valence-electron chi connectivity index (χ2n) is 6.14. The number of rotatable bonds is 3. The van der Waals surface area contributed by atoms with Gasteiger partial charge in [0.1, 0.15) is 17.1 Å². The molecule has 0 bridgehead atoms. The number of halogens is 2. The van der Waals surface area contributed by atoms with E-state index in [1.165, 1.54) is 31.5 Å². The van der Waals surface area contributed by atoms with Gasteiger partial charge in [0.05, 0.1) is 11.6 Å². The van der Waals surface area contributed by atoms with Gasteiger partial charge in [0.15, 0.2) is 0 Å². The summed E-state index contributed by atoms with van der Waals surface area (Å²) in [6.07, 6.45) is 1.76. The third-order valence-electron chi connectivity index (χ3n) is 4.32. The monoisotopic (exact) mass is 451 g/mol. The van der Waals surface area contributed by atoms with E-state index >= 15 is 0 Å². The van der Waals surface area contributed by atoms with Crippen LogP contribution >= 0.6 is 15.9 Å². The second kappa shape index (κ2) is 9.01. The van der Waals surface area contributed by atoms with Crippen molar-refractivity contribution >= 4 is 27.9 Å². The van der Waals surface area contributed by atoms with Crippen LogP contribution in [0, 0.1) is 5.82 Å². The van der Waals surface area contributed by atoms with E-state index in [9.17, 15) is 14.0 Å². The number of carbonyl (C=O) groups is 2. The van der Waals surface area contributed by atoms with Crippen LogP contribution in [0.2, 0.25) is 0 Å². The van der Waals surface area contributed by atoms with Gasteiger partial charge < -0.3 is 19.3 Å². The molecule has 2 heterocycles. The Balaban J connectivity index is 1.78. The Bertz CT molecular complexity index is 880. The van der Waals surface area contributed by atoms with E-state index in [1.807, 2.05) is 0 Å². The van der Waals surface area contributed by atoms with Gasteiger partial charge in [0.25, 0.3) is 5.91 Å². The number of hydrogen-bond donors (Lipinski definition) is 0. The van der Waals surface area contributed by atoms with Crippen molar-refractivity contribution in [2.24, 2.45) is 0 Å². The van der Waals surface area contributed by atoms with Crippen molar-refractivity contribution in [3.05, 3.63) is 52.4 Å². The zero-order valence-electron chi connectivity index (χ0n) is 15.2. The van der Waals surface area contributed by atoms with Crippen LogP contribution in [0.15, 0.2) is 41.0 Å². The molecule has 0 spiro atoms. The summed E-state index contributed by atoms with van der Waals surface area (Å²) < 4.78 is 24.2. The number of pyridine rings is 1. The van der Waals surface area contributed by atoms with E-state index in [-0.39, 0.29) is 11.8 Å². The normalized spacial score (nSPS) is 14.4. The highest BCUT2D eigenvalue weighted by Crippen LogP contribution is 2.31. The lowest BCUT2D eigenvalue weighted by atomic mass is 10.2. The Morgan fingerprint density at radius 2 is 1.89 bits per heavy atom. The summed E-state index contributed by atoms with van der Waals surface area (Å²) in [6, 6.07) is 7.28. The zero-order valence-corrected chi connectivity index (χ0v) is 16.8. The SMILES string of the molecule is COC(=O)N1CCCN(C(=O)c2cccnc2Oc2ccc(F)cc2Br)CC1. The summed E-state index contributed by atoms with van der Waals surface area (Å²) in [5.74, 6) is -0.167. The minimum absolute atomic E-state index is 0.133. The van der Waals surface area contributed by atoms with Gasteiger partial charge in [-0.15, -0.1) is 0 Å². The highest BCUT2D eigenvalue weighted by molar-refractivity contribution is 9.10. The molecule has 7 nitrogen and oxygen atoms in total. The lowest BCUT2D eigenvalue weighted by molar-refractivity contribution is 0.0754. The van der Waals surface area contributed by atoms with Crippen molar-refractivity contribution in [2.75, 3.05) is 33.3 Å². The summed E-state index contributed by atoms with van der Waals surface area (Å²) in [7, 11) is 1.34. The highest BCUT2D eigenvalue weighted by atomic mass is 79.9. The number of amides is 2. The molecule has 3 rings (SSSR count). The molecule has 9 heteroatoms. The van der Waals surface area contributed by atoms with Gasteiger partial charge in [-0.05, 0) is 52.7 Å². The van der Waals surface area contributed by atoms with Gasteiger partial charge in [-0.1, -0.05) is 0 Å². The number of aromatic nitrogens is 1. The van der Waals surface area contributed by atoms with E-state index in [0.717, 1.165) is 0 Å². The predicted molar refractivity (Wildman–Crippen MR) is 103 cm³/mol.